The Balaban J connectivity index is 2.07. The maximum atomic E-state index is 4.69. The number of fused-ring (bicyclic) bond motifs is 1. The fourth-order valence-corrected chi connectivity index (χ4v) is 3.24. The average Bonchev–Trinajstić information content (AvgIpc) is 2.54. The predicted molar refractivity (Wildman–Crippen MR) is 96.8 cm³/mol. The molecule has 0 fully saturated rings. The second-order valence-electron chi connectivity index (χ2n) is 5.88. The zero-order valence-electron chi connectivity index (χ0n) is 13.3. The molecule has 1 aromatic heterocycles. The first-order valence-corrected chi connectivity index (χ1v) is 8.62. The maximum absolute atomic E-state index is 4.69. The Morgan fingerprint density at radius 3 is 2.73 bits per heavy atom. The van der Waals surface area contributed by atoms with E-state index in [9.17, 15) is 0 Å². The molecule has 1 aliphatic carbocycles. The van der Waals surface area contributed by atoms with Crippen LogP contribution in [0, 0.1) is 12.3 Å². The standard InChI is InChI=1S/C19H20N2S/c1-13(19(3)11-9-15(22-4)10-12-19)18-16-7-5-6-8-17(16)20-14(2)21-18/h5-11H,1,12H2,2-4H3. The molecule has 1 unspecified atom stereocenters. The number of benzene rings is 1. The molecular formula is C19H20N2S. The highest BCUT2D eigenvalue weighted by atomic mass is 32.2. The van der Waals surface area contributed by atoms with Crippen molar-refractivity contribution in [3.63, 3.8) is 0 Å². The van der Waals surface area contributed by atoms with Gasteiger partial charge in [0.1, 0.15) is 5.82 Å². The molecule has 0 saturated carbocycles. The monoisotopic (exact) mass is 308 g/mol. The molecule has 2 nitrogen and oxygen atoms in total. The van der Waals surface area contributed by atoms with E-state index in [1.54, 1.807) is 11.8 Å². The minimum atomic E-state index is -0.0944. The van der Waals surface area contributed by atoms with Crippen LogP contribution >= 0.6 is 11.8 Å². The van der Waals surface area contributed by atoms with Crippen LogP contribution in [-0.2, 0) is 0 Å². The van der Waals surface area contributed by atoms with Crippen molar-refractivity contribution < 1.29 is 0 Å². The first-order valence-electron chi connectivity index (χ1n) is 7.40. The molecule has 1 aromatic carbocycles. The molecule has 2 aromatic rings. The van der Waals surface area contributed by atoms with Gasteiger partial charge in [-0.1, -0.05) is 49.9 Å². The molecule has 0 aliphatic heterocycles. The quantitative estimate of drug-likeness (QED) is 0.783. The highest BCUT2D eigenvalue weighted by Gasteiger charge is 2.29. The Morgan fingerprint density at radius 1 is 1.27 bits per heavy atom. The molecule has 3 heteroatoms. The van der Waals surface area contributed by atoms with Crippen LogP contribution in [0.15, 0.2) is 54.0 Å². The van der Waals surface area contributed by atoms with Crippen LogP contribution in [0.1, 0.15) is 24.9 Å². The van der Waals surface area contributed by atoms with Crippen LogP contribution in [0.5, 0.6) is 0 Å². The molecule has 1 aliphatic rings. The van der Waals surface area contributed by atoms with Crippen LogP contribution in [0.3, 0.4) is 0 Å². The van der Waals surface area contributed by atoms with Gasteiger partial charge in [-0.05, 0) is 31.2 Å². The van der Waals surface area contributed by atoms with E-state index in [1.165, 1.54) is 4.91 Å². The van der Waals surface area contributed by atoms with E-state index in [0.29, 0.717) is 0 Å². The lowest BCUT2D eigenvalue weighted by Crippen LogP contribution is -2.17. The number of rotatable bonds is 3. The van der Waals surface area contributed by atoms with E-state index >= 15 is 0 Å². The van der Waals surface area contributed by atoms with Gasteiger partial charge in [-0.25, -0.2) is 9.97 Å². The number of hydrogen-bond donors (Lipinski definition) is 0. The highest BCUT2D eigenvalue weighted by molar-refractivity contribution is 8.02. The molecule has 0 bridgehead atoms. The molecule has 0 amide bonds. The predicted octanol–water partition coefficient (Wildman–Crippen LogP) is 5.16. The second kappa shape index (κ2) is 5.73. The van der Waals surface area contributed by atoms with E-state index in [0.717, 1.165) is 34.4 Å². The Kier molecular flexibility index (Phi) is 3.92. The molecule has 0 spiro atoms. The molecule has 3 rings (SSSR count). The molecule has 0 radical (unpaired) electrons. The van der Waals surface area contributed by atoms with Gasteiger partial charge >= 0.3 is 0 Å². The number of hydrogen-bond acceptors (Lipinski definition) is 3. The molecule has 112 valence electrons. The average molecular weight is 308 g/mol. The summed E-state index contributed by atoms with van der Waals surface area (Å²) < 4.78 is 0. The fraction of sp³-hybridized carbons (Fsp3) is 0.263. The number of allylic oxidation sites excluding steroid dienone is 4. The van der Waals surface area contributed by atoms with E-state index in [2.05, 4.69) is 49.0 Å². The number of aromatic nitrogens is 2. The number of aryl methyl sites for hydroxylation is 1. The van der Waals surface area contributed by atoms with Gasteiger partial charge in [0.2, 0.25) is 0 Å². The van der Waals surface area contributed by atoms with Gasteiger partial charge in [0.25, 0.3) is 0 Å². The lowest BCUT2D eigenvalue weighted by atomic mass is 9.75. The van der Waals surface area contributed by atoms with E-state index in [-0.39, 0.29) is 5.41 Å². The van der Waals surface area contributed by atoms with Gasteiger partial charge in [-0.3, -0.25) is 0 Å². The van der Waals surface area contributed by atoms with E-state index in [1.807, 2.05) is 25.1 Å². The summed E-state index contributed by atoms with van der Waals surface area (Å²) in [5.74, 6) is 0.790. The molecule has 1 heterocycles. The number of nitrogens with zero attached hydrogens (tertiary/aromatic N) is 2. The van der Waals surface area contributed by atoms with Crippen LogP contribution in [0.4, 0.5) is 0 Å². The molecule has 0 N–H and O–H groups in total. The lowest BCUT2D eigenvalue weighted by Gasteiger charge is -2.30. The lowest BCUT2D eigenvalue weighted by molar-refractivity contribution is 0.576. The maximum Gasteiger partial charge on any atom is 0.126 e. The summed E-state index contributed by atoms with van der Waals surface area (Å²) in [6, 6.07) is 8.15. The normalized spacial score (nSPS) is 21.0. The second-order valence-corrected chi connectivity index (χ2v) is 6.76. The van der Waals surface area contributed by atoms with Gasteiger partial charge < -0.3 is 0 Å². The first kappa shape index (κ1) is 15.0. The third kappa shape index (κ3) is 2.61. The molecule has 22 heavy (non-hydrogen) atoms. The van der Waals surface area contributed by atoms with Crippen molar-refractivity contribution in [2.45, 2.75) is 20.3 Å². The summed E-state index contributed by atoms with van der Waals surface area (Å²) >= 11 is 1.78. The largest absolute Gasteiger partial charge is 0.233 e. The molecule has 1 atom stereocenters. The Hall–Kier alpha value is -1.87. The van der Waals surface area contributed by atoms with Crippen molar-refractivity contribution in [3.05, 3.63) is 65.5 Å². The summed E-state index contributed by atoms with van der Waals surface area (Å²) in [6.07, 6.45) is 9.79. The van der Waals surface area contributed by atoms with Crippen molar-refractivity contribution in [1.29, 1.82) is 0 Å². The number of thioether (sulfide) groups is 1. The molecule has 0 saturated heterocycles. The van der Waals surface area contributed by atoms with Crippen LogP contribution in [0.2, 0.25) is 0 Å². The van der Waals surface area contributed by atoms with Crippen molar-refractivity contribution in [2.75, 3.05) is 6.26 Å². The third-order valence-corrected chi connectivity index (χ3v) is 5.04. The highest BCUT2D eigenvalue weighted by Crippen LogP contribution is 2.43. The van der Waals surface area contributed by atoms with Gasteiger partial charge in [-0.15, -0.1) is 11.8 Å². The van der Waals surface area contributed by atoms with Crippen molar-refractivity contribution in [2.24, 2.45) is 5.41 Å². The van der Waals surface area contributed by atoms with Crippen LogP contribution in [0.25, 0.3) is 16.5 Å². The van der Waals surface area contributed by atoms with Crippen molar-refractivity contribution in [3.8, 4) is 0 Å². The van der Waals surface area contributed by atoms with Crippen LogP contribution in [-0.4, -0.2) is 16.2 Å². The van der Waals surface area contributed by atoms with E-state index < -0.39 is 0 Å². The fourth-order valence-electron chi connectivity index (χ4n) is 2.78. The zero-order chi connectivity index (χ0) is 15.7. The third-order valence-electron chi connectivity index (χ3n) is 4.27. The Bertz CT molecular complexity index is 804. The van der Waals surface area contributed by atoms with Gasteiger partial charge in [0.05, 0.1) is 11.2 Å². The number of para-hydroxylation sites is 1. The summed E-state index contributed by atoms with van der Waals surface area (Å²) in [5, 5.41) is 1.08. The van der Waals surface area contributed by atoms with Gasteiger partial charge in [0.15, 0.2) is 0 Å². The topological polar surface area (TPSA) is 25.8 Å². The summed E-state index contributed by atoms with van der Waals surface area (Å²) in [4.78, 5) is 10.5. The Morgan fingerprint density at radius 2 is 2.05 bits per heavy atom. The summed E-state index contributed by atoms with van der Waals surface area (Å²) in [5.41, 5.74) is 2.91. The summed E-state index contributed by atoms with van der Waals surface area (Å²) in [7, 11) is 0. The van der Waals surface area contributed by atoms with Crippen molar-refractivity contribution >= 4 is 28.2 Å². The minimum Gasteiger partial charge on any atom is -0.233 e. The molecular weight excluding hydrogens is 288 g/mol. The Labute approximate surface area is 136 Å². The van der Waals surface area contributed by atoms with Crippen LogP contribution < -0.4 is 0 Å². The SMILES string of the molecule is C=C(c1nc(C)nc2ccccc12)C1(C)C=CC(SC)=CC1. The van der Waals surface area contributed by atoms with E-state index in [4.69, 9.17) is 4.98 Å². The van der Waals surface area contributed by atoms with Crippen molar-refractivity contribution in [1.82, 2.24) is 9.97 Å². The van der Waals surface area contributed by atoms with Gasteiger partial charge in [0, 0.05) is 15.7 Å². The smallest absolute Gasteiger partial charge is 0.126 e. The van der Waals surface area contributed by atoms with Gasteiger partial charge in [-0.2, -0.15) is 0 Å². The zero-order valence-corrected chi connectivity index (χ0v) is 14.1. The first-order chi connectivity index (χ1) is 10.5. The minimum absolute atomic E-state index is 0.0944. The summed E-state index contributed by atoms with van der Waals surface area (Å²) in [6.45, 7) is 8.55.